The highest BCUT2D eigenvalue weighted by molar-refractivity contribution is 5.23. The first kappa shape index (κ1) is 15.7. The van der Waals surface area contributed by atoms with E-state index in [0.29, 0.717) is 11.9 Å². The van der Waals surface area contributed by atoms with Gasteiger partial charge in [0.2, 0.25) is 5.95 Å². The van der Waals surface area contributed by atoms with Crippen LogP contribution in [-0.2, 0) is 11.3 Å². The normalized spacial score (nSPS) is 31.5. The number of likely N-dealkylation sites (tertiary alicyclic amines) is 1. The zero-order valence-corrected chi connectivity index (χ0v) is 14.2. The Morgan fingerprint density at radius 3 is 2.68 bits per heavy atom. The molecule has 1 N–H and O–H groups in total. The Bertz CT molecular complexity index is 516. The highest BCUT2D eigenvalue weighted by atomic mass is 16.5. The van der Waals surface area contributed by atoms with E-state index < -0.39 is 0 Å². The number of fused-ring (bicyclic) bond motifs is 1. The Morgan fingerprint density at radius 1 is 1.27 bits per heavy atom. The molecule has 0 radical (unpaired) electrons. The maximum absolute atomic E-state index is 6.43. The van der Waals surface area contributed by atoms with Crippen molar-refractivity contribution in [3.05, 3.63) is 18.0 Å². The van der Waals surface area contributed by atoms with Crippen LogP contribution in [-0.4, -0.2) is 46.2 Å². The Balaban J connectivity index is 1.62. The van der Waals surface area contributed by atoms with E-state index in [1.807, 2.05) is 19.4 Å². The molecule has 5 heteroatoms. The lowest BCUT2D eigenvalue weighted by atomic mass is 9.74. The van der Waals surface area contributed by atoms with Gasteiger partial charge >= 0.3 is 0 Å². The van der Waals surface area contributed by atoms with Crippen molar-refractivity contribution >= 4 is 5.95 Å². The lowest BCUT2D eigenvalue weighted by Crippen LogP contribution is -2.57. The highest BCUT2D eigenvalue weighted by Gasteiger charge is 2.47. The van der Waals surface area contributed by atoms with Crippen LogP contribution >= 0.6 is 0 Å². The van der Waals surface area contributed by atoms with E-state index >= 15 is 0 Å². The van der Waals surface area contributed by atoms with Crippen LogP contribution in [0.4, 0.5) is 5.95 Å². The van der Waals surface area contributed by atoms with Crippen LogP contribution in [0.1, 0.15) is 45.6 Å². The number of rotatable bonds is 3. The van der Waals surface area contributed by atoms with Gasteiger partial charge in [-0.15, -0.1) is 0 Å². The van der Waals surface area contributed by atoms with Gasteiger partial charge < -0.3 is 10.1 Å². The number of anilines is 1. The van der Waals surface area contributed by atoms with Gasteiger partial charge in [0.1, 0.15) is 0 Å². The van der Waals surface area contributed by atoms with Crippen molar-refractivity contribution in [2.45, 2.75) is 57.8 Å². The molecule has 2 saturated heterocycles. The molecule has 0 saturated carbocycles. The van der Waals surface area contributed by atoms with E-state index in [9.17, 15) is 0 Å². The summed E-state index contributed by atoms with van der Waals surface area (Å²) in [7, 11) is 1.84. The standard InChI is InChI=1S/C17H28N4O/c1-16(2)6-5-14-12-21(8-7-17(14,3)22-16)11-13-9-19-15(18-4)20-10-13/h9-10,14H,5-8,11-12H2,1-4H3,(H,18,19,20)/t14-,17+/m0/s1. The third kappa shape index (κ3) is 3.25. The molecule has 0 aliphatic carbocycles. The van der Waals surface area contributed by atoms with Crippen LogP contribution in [0.3, 0.4) is 0 Å². The molecule has 122 valence electrons. The molecule has 0 spiro atoms. The first-order valence-electron chi connectivity index (χ1n) is 8.31. The van der Waals surface area contributed by atoms with Crippen molar-refractivity contribution in [3.63, 3.8) is 0 Å². The SMILES string of the molecule is CNc1ncc(CN2CC[C@@]3(C)OC(C)(C)CC[C@H]3C2)cn1. The van der Waals surface area contributed by atoms with Gasteiger partial charge in [-0.2, -0.15) is 0 Å². The van der Waals surface area contributed by atoms with E-state index in [2.05, 4.69) is 41.0 Å². The molecule has 0 bridgehead atoms. The fourth-order valence-corrected chi connectivity index (χ4v) is 3.88. The van der Waals surface area contributed by atoms with Crippen LogP contribution < -0.4 is 5.32 Å². The van der Waals surface area contributed by atoms with Crippen LogP contribution in [0.5, 0.6) is 0 Å². The van der Waals surface area contributed by atoms with Gasteiger partial charge in [0.15, 0.2) is 0 Å². The molecule has 3 heterocycles. The minimum atomic E-state index is 0.0320. The minimum absolute atomic E-state index is 0.0320. The van der Waals surface area contributed by atoms with Gasteiger partial charge in [0, 0.05) is 50.6 Å². The average molecular weight is 304 g/mol. The average Bonchev–Trinajstić information content (AvgIpc) is 2.47. The molecule has 2 fully saturated rings. The molecule has 1 aromatic heterocycles. The number of nitrogens with one attached hydrogen (secondary N) is 1. The number of piperidine rings is 1. The van der Waals surface area contributed by atoms with E-state index in [1.165, 1.54) is 12.0 Å². The molecule has 2 atom stereocenters. The number of nitrogens with zero attached hydrogens (tertiary/aromatic N) is 3. The summed E-state index contributed by atoms with van der Waals surface area (Å²) in [4.78, 5) is 11.1. The van der Waals surface area contributed by atoms with Crippen LogP contribution in [0.15, 0.2) is 12.4 Å². The first-order valence-corrected chi connectivity index (χ1v) is 8.31. The molecular weight excluding hydrogens is 276 g/mol. The van der Waals surface area contributed by atoms with Gasteiger partial charge in [0.25, 0.3) is 0 Å². The molecule has 0 amide bonds. The van der Waals surface area contributed by atoms with Crippen molar-refractivity contribution in [2.75, 3.05) is 25.5 Å². The molecule has 0 aromatic carbocycles. The zero-order chi connectivity index (χ0) is 15.8. The maximum atomic E-state index is 6.43. The lowest BCUT2D eigenvalue weighted by Gasteiger charge is -2.53. The summed E-state index contributed by atoms with van der Waals surface area (Å²) < 4.78 is 6.43. The summed E-state index contributed by atoms with van der Waals surface area (Å²) >= 11 is 0. The smallest absolute Gasteiger partial charge is 0.222 e. The predicted molar refractivity (Wildman–Crippen MR) is 87.8 cm³/mol. The summed E-state index contributed by atoms with van der Waals surface area (Å²) in [5, 5.41) is 2.96. The Morgan fingerprint density at radius 2 is 2.00 bits per heavy atom. The van der Waals surface area contributed by atoms with Crippen LogP contribution in [0.25, 0.3) is 0 Å². The Labute approximate surface area is 133 Å². The van der Waals surface area contributed by atoms with Gasteiger partial charge in [-0.05, 0) is 40.0 Å². The van der Waals surface area contributed by atoms with Gasteiger partial charge in [0.05, 0.1) is 11.2 Å². The second-order valence-electron chi connectivity index (χ2n) is 7.56. The first-order chi connectivity index (χ1) is 10.4. The molecule has 22 heavy (non-hydrogen) atoms. The minimum Gasteiger partial charge on any atom is -0.369 e. The molecule has 2 aliphatic heterocycles. The largest absolute Gasteiger partial charge is 0.369 e. The van der Waals surface area contributed by atoms with E-state index in [0.717, 1.165) is 32.5 Å². The summed E-state index contributed by atoms with van der Waals surface area (Å²) in [6.07, 6.45) is 7.37. The van der Waals surface area contributed by atoms with Crippen molar-refractivity contribution < 1.29 is 4.74 Å². The van der Waals surface area contributed by atoms with Gasteiger partial charge in [-0.1, -0.05) is 0 Å². The Hall–Kier alpha value is -1.20. The van der Waals surface area contributed by atoms with Gasteiger partial charge in [-0.3, -0.25) is 4.90 Å². The number of hydrogen-bond acceptors (Lipinski definition) is 5. The van der Waals surface area contributed by atoms with E-state index in [-0.39, 0.29) is 11.2 Å². The number of ether oxygens (including phenoxy) is 1. The molecule has 3 rings (SSSR count). The van der Waals surface area contributed by atoms with Crippen molar-refractivity contribution in [1.29, 1.82) is 0 Å². The maximum Gasteiger partial charge on any atom is 0.222 e. The second kappa shape index (κ2) is 5.78. The molecule has 1 aromatic rings. The number of hydrogen-bond donors (Lipinski definition) is 1. The topological polar surface area (TPSA) is 50.3 Å². The fourth-order valence-electron chi connectivity index (χ4n) is 3.88. The summed E-state index contributed by atoms with van der Waals surface area (Å²) in [6.45, 7) is 9.88. The zero-order valence-electron chi connectivity index (χ0n) is 14.2. The lowest BCUT2D eigenvalue weighted by molar-refractivity contribution is -0.214. The van der Waals surface area contributed by atoms with E-state index in [1.54, 1.807) is 0 Å². The summed E-state index contributed by atoms with van der Waals surface area (Å²) in [6, 6.07) is 0. The van der Waals surface area contributed by atoms with Crippen molar-refractivity contribution in [3.8, 4) is 0 Å². The number of aromatic nitrogens is 2. The third-order valence-electron chi connectivity index (χ3n) is 5.21. The van der Waals surface area contributed by atoms with Crippen molar-refractivity contribution in [1.82, 2.24) is 14.9 Å². The molecule has 2 aliphatic rings. The van der Waals surface area contributed by atoms with E-state index in [4.69, 9.17) is 4.74 Å². The Kier molecular flexibility index (Phi) is 4.12. The summed E-state index contributed by atoms with van der Waals surface area (Å²) in [5.74, 6) is 1.31. The second-order valence-corrected chi connectivity index (χ2v) is 7.56. The molecule has 5 nitrogen and oxygen atoms in total. The predicted octanol–water partition coefficient (Wildman–Crippen LogP) is 2.69. The third-order valence-corrected chi connectivity index (χ3v) is 5.21. The van der Waals surface area contributed by atoms with Gasteiger partial charge in [-0.25, -0.2) is 9.97 Å². The monoisotopic (exact) mass is 304 g/mol. The van der Waals surface area contributed by atoms with Crippen molar-refractivity contribution in [2.24, 2.45) is 5.92 Å². The summed E-state index contributed by atoms with van der Waals surface area (Å²) in [5.41, 5.74) is 1.26. The highest BCUT2D eigenvalue weighted by Crippen LogP contribution is 2.44. The van der Waals surface area contributed by atoms with Crippen LogP contribution in [0.2, 0.25) is 0 Å². The fraction of sp³-hybridized carbons (Fsp3) is 0.765. The molecule has 0 unspecified atom stereocenters. The molecular formula is C17H28N4O. The quantitative estimate of drug-likeness (QED) is 0.930. The van der Waals surface area contributed by atoms with Crippen LogP contribution in [0, 0.1) is 5.92 Å².